The average molecular weight is 395 g/mol. The van der Waals surface area contributed by atoms with Crippen LogP contribution in [0.5, 0.6) is 5.88 Å². The zero-order chi connectivity index (χ0) is 19.4. The third-order valence-corrected chi connectivity index (χ3v) is 5.57. The number of likely N-dealkylation sites (tertiary alicyclic amines) is 1. The quantitative estimate of drug-likeness (QED) is 0.778. The lowest BCUT2D eigenvalue weighted by Gasteiger charge is -2.37. The van der Waals surface area contributed by atoms with E-state index >= 15 is 0 Å². The van der Waals surface area contributed by atoms with Gasteiger partial charge in [0.1, 0.15) is 0 Å². The Labute approximate surface area is 165 Å². The van der Waals surface area contributed by atoms with E-state index in [-0.39, 0.29) is 23.4 Å². The van der Waals surface area contributed by atoms with Crippen molar-refractivity contribution < 1.29 is 14.3 Å². The molecule has 2 fully saturated rings. The number of pyridine rings is 1. The molecule has 0 unspecified atom stereocenters. The first-order valence-electron chi connectivity index (χ1n) is 9.55. The van der Waals surface area contributed by atoms with E-state index in [1.165, 1.54) is 0 Å². The number of carbonyl (C=O) groups excluding carboxylic acids is 2. The predicted molar refractivity (Wildman–Crippen MR) is 103 cm³/mol. The van der Waals surface area contributed by atoms with E-state index in [1.807, 2.05) is 11.8 Å². The first kappa shape index (κ1) is 19.9. The number of hydrogen-bond acceptors (Lipinski definition) is 5. The highest BCUT2D eigenvalue weighted by molar-refractivity contribution is 6.33. The van der Waals surface area contributed by atoms with Gasteiger partial charge in [-0.05, 0) is 32.9 Å². The number of likely N-dealkylation sites (N-methyl/N-ethyl adjacent to an activating group) is 1. The molecule has 3 rings (SSSR count). The number of piperazine rings is 1. The van der Waals surface area contributed by atoms with E-state index < -0.39 is 0 Å². The largest absolute Gasteiger partial charge is 0.478 e. The molecule has 0 N–H and O–H groups in total. The van der Waals surface area contributed by atoms with Crippen LogP contribution in [0.2, 0.25) is 5.02 Å². The summed E-state index contributed by atoms with van der Waals surface area (Å²) in [6.07, 6.45) is 1.36. The molecule has 0 atom stereocenters. The minimum absolute atomic E-state index is 0.00403. The van der Waals surface area contributed by atoms with E-state index in [0.29, 0.717) is 43.4 Å². The number of amides is 2. The molecule has 2 aliphatic heterocycles. The first-order chi connectivity index (χ1) is 13.0. The van der Waals surface area contributed by atoms with Crippen LogP contribution in [0.1, 0.15) is 30.3 Å². The van der Waals surface area contributed by atoms with Crippen molar-refractivity contribution >= 4 is 23.4 Å². The van der Waals surface area contributed by atoms with Crippen LogP contribution >= 0.6 is 11.6 Å². The van der Waals surface area contributed by atoms with Gasteiger partial charge < -0.3 is 19.4 Å². The SMILES string of the molecule is CCOc1ccc(Cl)c(C(=O)N2CCC(C(=O)N3CCN(C)CC3)CC2)n1. The number of aromatic nitrogens is 1. The number of hydrogen-bond donors (Lipinski definition) is 0. The molecule has 2 aliphatic rings. The zero-order valence-electron chi connectivity index (χ0n) is 16.0. The highest BCUT2D eigenvalue weighted by Gasteiger charge is 2.32. The summed E-state index contributed by atoms with van der Waals surface area (Å²) in [5.74, 6) is 0.415. The molecule has 0 saturated carbocycles. The van der Waals surface area contributed by atoms with E-state index in [9.17, 15) is 9.59 Å². The second-order valence-electron chi connectivity index (χ2n) is 7.11. The molecule has 7 nitrogen and oxygen atoms in total. The van der Waals surface area contributed by atoms with E-state index in [2.05, 4.69) is 16.9 Å². The van der Waals surface area contributed by atoms with Gasteiger partial charge in [0.15, 0.2) is 5.69 Å². The molecular weight excluding hydrogens is 368 g/mol. The Morgan fingerprint density at radius 3 is 2.41 bits per heavy atom. The number of rotatable bonds is 4. The summed E-state index contributed by atoms with van der Waals surface area (Å²) in [7, 11) is 2.08. The van der Waals surface area contributed by atoms with Gasteiger partial charge in [-0.3, -0.25) is 9.59 Å². The van der Waals surface area contributed by atoms with Crippen LogP contribution in [-0.4, -0.2) is 84.4 Å². The molecule has 27 heavy (non-hydrogen) atoms. The highest BCUT2D eigenvalue weighted by atomic mass is 35.5. The van der Waals surface area contributed by atoms with Gasteiger partial charge in [-0.2, -0.15) is 0 Å². The molecule has 8 heteroatoms. The van der Waals surface area contributed by atoms with Crippen LogP contribution in [0, 0.1) is 5.92 Å². The molecule has 0 bridgehead atoms. The van der Waals surface area contributed by atoms with Gasteiger partial charge in [-0.25, -0.2) is 4.98 Å². The monoisotopic (exact) mass is 394 g/mol. The fourth-order valence-electron chi connectivity index (χ4n) is 3.57. The van der Waals surface area contributed by atoms with E-state index in [0.717, 1.165) is 26.2 Å². The minimum Gasteiger partial charge on any atom is -0.478 e. The summed E-state index contributed by atoms with van der Waals surface area (Å²) in [5, 5.41) is 0.319. The van der Waals surface area contributed by atoms with Crippen LogP contribution in [0.25, 0.3) is 0 Å². The summed E-state index contributed by atoms with van der Waals surface area (Å²) in [5.41, 5.74) is 0.214. The summed E-state index contributed by atoms with van der Waals surface area (Å²) in [6.45, 7) is 6.84. The molecule has 3 heterocycles. The van der Waals surface area contributed by atoms with Crippen LogP contribution in [0.3, 0.4) is 0 Å². The second-order valence-corrected chi connectivity index (χ2v) is 7.52. The highest BCUT2D eigenvalue weighted by Crippen LogP contribution is 2.24. The number of ether oxygens (including phenoxy) is 1. The molecule has 2 amide bonds. The van der Waals surface area contributed by atoms with Crippen molar-refractivity contribution in [3.63, 3.8) is 0 Å². The number of nitrogens with zero attached hydrogens (tertiary/aromatic N) is 4. The van der Waals surface area contributed by atoms with Gasteiger partial charge in [0.05, 0.1) is 11.6 Å². The average Bonchev–Trinajstić information content (AvgIpc) is 2.69. The van der Waals surface area contributed by atoms with Crippen molar-refractivity contribution in [2.75, 3.05) is 52.9 Å². The molecule has 0 radical (unpaired) electrons. The van der Waals surface area contributed by atoms with Gasteiger partial charge in [0.2, 0.25) is 11.8 Å². The first-order valence-corrected chi connectivity index (χ1v) is 9.93. The number of carbonyl (C=O) groups is 2. The summed E-state index contributed by atoms with van der Waals surface area (Å²) >= 11 is 6.17. The maximum atomic E-state index is 12.8. The molecule has 0 spiro atoms. The van der Waals surface area contributed by atoms with E-state index in [4.69, 9.17) is 16.3 Å². The third kappa shape index (κ3) is 4.71. The maximum absolute atomic E-state index is 12.8. The molecule has 1 aromatic heterocycles. The van der Waals surface area contributed by atoms with Crippen molar-refractivity contribution in [3.8, 4) is 5.88 Å². The molecule has 1 aromatic rings. The summed E-state index contributed by atoms with van der Waals surface area (Å²) in [4.78, 5) is 35.7. The van der Waals surface area contributed by atoms with Crippen molar-refractivity contribution in [2.24, 2.45) is 5.92 Å². The lowest BCUT2D eigenvalue weighted by Crippen LogP contribution is -2.51. The Morgan fingerprint density at radius 2 is 1.78 bits per heavy atom. The molecule has 0 aromatic carbocycles. The summed E-state index contributed by atoms with van der Waals surface area (Å²) in [6, 6.07) is 3.29. The van der Waals surface area contributed by atoms with Crippen molar-refractivity contribution in [2.45, 2.75) is 19.8 Å². The van der Waals surface area contributed by atoms with Gasteiger partial charge in [-0.15, -0.1) is 0 Å². The van der Waals surface area contributed by atoms with Crippen LogP contribution in [0.15, 0.2) is 12.1 Å². The predicted octanol–water partition coefficient (Wildman–Crippen LogP) is 1.76. The van der Waals surface area contributed by atoms with Gasteiger partial charge in [-0.1, -0.05) is 11.6 Å². The Balaban J connectivity index is 1.58. The fourth-order valence-corrected chi connectivity index (χ4v) is 3.75. The Hall–Kier alpha value is -1.86. The molecule has 2 saturated heterocycles. The van der Waals surface area contributed by atoms with Gasteiger partial charge in [0, 0.05) is 51.3 Å². The van der Waals surface area contributed by atoms with Crippen molar-refractivity contribution in [3.05, 3.63) is 22.8 Å². The Bertz CT molecular complexity index is 684. The smallest absolute Gasteiger partial charge is 0.274 e. The normalized spacial score (nSPS) is 19.2. The lowest BCUT2D eigenvalue weighted by atomic mass is 9.94. The standard InChI is InChI=1S/C19H27ClN4O3/c1-3-27-16-5-4-15(20)17(21-16)19(26)23-8-6-14(7-9-23)18(25)24-12-10-22(2)11-13-24/h4-5,14H,3,6-13H2,1-2H3. The molecule has 148 valence electrons. The van der Waals surface area contributed by atoms with Crippen LogP contribution < -0.4 is 4.74 Å². The third-order valence-electron chi connectivity index (χ3n) is 5.26. The number of halogens is 1. The molecule has 0 aliphatic carbocycles. The number of piperidine rings is 1. The molecular formula is C19H27ClN4O3. The Kier molecular flexibility index (Phi) is 6.55. The lowest BCUT2D eigenvalue weighted by molar-refractivity contribution is -0.138. The van der Waals surface area contributed by atoms with Gasteiger partial charge >= 0.3 is 0 Å². The topological polar surface area (TPSA) is 66.0 Å². The van der Waals surface area contributed by atoms with Crippen molar-refractivity contribution in [1.29, 1.82) is 0 Å². The fraction of sp³-hybridized carbons (Fsp3) is 0.632. The Morgan fingerprint density at radius 1 is 1.11 bits per heavy atom. The van der Waals surface area contributed by atoms with Gasteiger partial charge in [0.25, 0.3) is 5.91 Å². The summed E-state index contributed by atoms with van der Waals surface area (Å²) < 4.78 is 5.37. The minimum atomic E-state index is -0.202. The van der Waals surface area contributed by atoms with Crippen molar-refractivity contribution in [1.82, 2.24) is 19.7 Å². The zero-order valence-corrected chi connectivity index (χ0v) is 16.7. The van der Waals surface area contributed by atoms with Crippen LogP contribution in [0.4, 0.5) is 0 Å². The maximum Gasteiger partial charge on any atom is 0.274 e. The second kappa shape index (κ2) is 8.89. The van der Waals surface area contributed by atoms with Crippen LogP contribution in [-0.2, 0) is 4.79 Å². The van der Waals surface area contributed by atoms with E-state index in [1.54, 1.807) is 17.0 Å².